The van der Waals surface area contributed by atoms with Crippen LogP contribution in [0.15, 0.2) is 42.5 Å². The SMILES string of the molecule is CN(C)S(=O)(=O)N1CCc2nc(NC(=O)c3ccc4ccccc4c3)sc2C1. The number of thiazole rings is 1. The molecule has 0 spiro atoms. The molecule has 1 aliphatic heterocycles. The Morgan fingerprint density at radius 2 is 1.93 bits per heavy atom. The lowest BCUT2D eigenvalue weighted by molar-refractivity contribution is 0.102. The fraction of sp³-hybridized carbons (Fsp3) is 0.263. The third kappa shape index (κ3) is 3.53. The third-order valence-corrected chi connectivity index (χ3v) is 7.60. The van der Waals surface area contributed by atoms with Crippen molar-refractivity contribution < 1.29 is 13.2 Å². The normalized spacial score (nSPS) is 15.0. The zero-order valence-electron chi connectivity index (χ0n) is 15.5. The number of nitrogens with one attached hydrogen (secondary N) is 1. The number of benzene rings is 2. The summed E-state index contributed by atoms with van der Waals surface area (Å²) < 4.78 is 27.3. The van der Waals surface area contributed by atoms with Crippen molar-refractivity contribution in [1.29, 1.82) is 0 Å². The lowest BCUT2D eigenvalue weighted by Crippen LogP contribution is -2.42. The summed E-state index contributed by atoms with van der Waals surface area (Å²) in [6, 6.07) is 13.4. The number of carbonyl (C=O) groups is 1. The van der Waals surface area contributed by atoms with E-state index in [0.29, 0.717) is 23.7 Å². The lowest BCUT2D eigenvalue weighted by Gasteiger charge is -2.27. The maximum Gasteiger partial charge on any atom is 0.281 e. The highest BCUT2D eigenvalue weighted by atomic mass is 32.2. The summed E-state index contributed by atoms with van der Waals surface area (Å²) in [5.41, 5.74) is 1.41. The van der Waals surface area contributed by atoms with Gasteiger partial charge in [0, 0.05) is 37.5 Å². The second kappa shape index (κ2) is 7.25. The van der Waals surface area contributed by atoms with Crippen molar-refractivity contribution >= 4 is 43.4 Å². The van der Waals surface area contributed by atoms with Crippen molar-refractivity contribution in [1.82, 2.24) is 13.6 Å². The predicted molar refractivity (Wildman–Crippen MR) is 111 cm³/mol. The first-order chi connectivity index (χ1) is 13.3. The third-order valence-electron chi connectivity index (χ3n) is 4.72. The second-order valence-electron chi connectivity index (χ2n) is 6.78. The highest BCUT2D eigenvalue weighted by Gasteiger charge is 2.30. The van der Waals surface area contributed by atoms with E-state index in [1.807, 2.05) is 36.4 Å². The van der Waals surface area contributed by atoms with Crippen LogP contribution >= 0.6 is 11.3 Å². The highest BCUT2D eigenvalue weighted by Crippen LogP contribution is 2.30. The van der Waals surface area contributed by atoms with Crippen LogP contribution in [0.1, 0.15) is 20.9 Å². The predicted octanol–water partition coefficient (Wildman–Crippen LogP) is 2.71. The molecular weight excluding hydrogens is 396 g/mol. The summed E-state index contributed by atoms with van der Waals surface area (Å²) in [4.78, 5) is 18.0. The smallest absolute Gasteiger partial charge is 0.281 e. The average Bonchev–Trinajstić information content (AvgIpc) is 3.08. The molecule has 0 saturated carbocycles. The van der Waals surface area contributed by atoms with Gasteiger partial charge in [-0.25, -0.2) is 4.98 Å². The highest BCUT2D eigenvalue weighted by molar-refractivity contribution is 7.86. The average molecular weight is 417 g/mol. The molecule has 1 N–H and O–H groups in total. The van der Waals surface area contributed by atoms with Crippen LogP contribution in [-0.4, -0.2) is 48.6 Å². The van der Waals surface area contributed by atoms with Gasteiger partial charge < -0.3 is 0 Å². The quantitative estimate of drug-likeness (QED) is 0.709. The van der Waals surface area contributed by atoms with Crippen molar-refractivity contribution in [3.8, 4) is 0 Å². The van der Waals surface area contributed by atoms with E-state index in [9.17, 15) is 13.2 Å². The number of fused-ring (bicyclic) bond motifs is 2. The zero-order chi connectivity index (χ0) is 19.9. The minimum absolute atomic E-state index is 0.227. The topological polar surface area (TPSA) is 82.6 Å². The molecule has 0 aliphatic carbocycles. The number of carbonyl (C=O) groups excluding carboxylic acids is 1. The second-order valence-corrected chi connectivity index (χ2v) is 10.0. The van der Waals surface area contributed by atoms with Crippen LogP contribution in [0.4, 0.5) is 5.13 Å². The summed E-state index contributed by atoms with van der Waals surface area (Å²) in [6.45, 7) is 0.661. The molecule has 3 aromatic rings. The molecule has 0 atom stereocenters. The molecule has 1 aliphatic rings. The number of nitrogens with zero attached hydrogens (tertiary/aromatic N) is 3. The van der Waals surface area contributed by atoms with E-state index in [-0.39, 0.29) is 12.5 Å². The van der Waals surface area contributed by atoms with Gasteiger partial charge in [-0.3, -0.25) is 10.1 Å². The van der Waals surface area contributed by atoms with Crippen molar-refractivity contribution in [2.75, 3.05) is 26.0 Å². The van der Waals surface area contributed by atoms with Gasteiger partial charge in [-0.05, 0) is 22.9 Å². The fourth-order valence-corrected chi connectivity index (χ4v) is 5.33. The molecule has 1 aromatic heterocycles. The summed E-state index contributed by atoms with van der Waals surface area (Å²) in [5, 5.41) is 5.41. The van der Waals surface area contributed by atoms with Gasteiger partial charge in [0.1, 0.15) is 0 Å². The van der Waals surface area contributed by atoms with Crippen LogP contribution < -0.4 is 5.32 Å². The molecule has 0 saturated heterocycles. The molecule has 7 nitrogen and oxygen atoms in total. The number of hydrogen-bond donors (Lipinski definition) is 1. The Kier molecular flexibility index (Phi) is 4.92. The minimum atomic E-state index is -3.46. The van der Waals surface area contributed by atoms with Gasteiger partial charge >= 0.3 is 0 Å². The first kappa shape index (κ1) is 19.0. The number of amides is 1. The van der Waals surface area contributed by atoms with Crippen LogP contribution in [0.25, 0.3) is 10.8 Å². The molecule has 0 radical (unpaired) electrons. The van der Waals surface area contributed by atoms with Crippen LogP contribution in [0.3, 0.4) is 0 Å². The fourth-order valence-electron chi connectivity index (χ4n) is 3.15. The van der Waals surface area contributed by atoms with Crippen molar-refractivity contribution in [3.63, 3.8) is 0 Å². The van der Waals surface area contributed by atoms with Crippen LogP contribution in [0.2, 0.25) is 0 Å². The van der Waals surface area contributed by atoms with Gasteiger partial charge in [-0.1, -0.05) is 30.3 Å². The van der Waals surface area contributed by atoms with Crippen LogP contribution in [0.5, 0.6) is 0 Å². The van der Waals surface area contributed by atoms with E-state index < -0.39 is 10.2 Å². The molecule has 28 heavy (non-hydrogen) atoms. The summed E-state index contributed by atoms with van der Waals surface area (Å²) >= 11 is 1.33. The van der Waals surface area contributed by atoms with E-state index in [0.717, 1.165) is 21.3 Å². The molecule has 2 heterocycles. The Morgan fingerprint density at radius 1 is 1.18 bits per heavy atom. The molecule has 0 bridgehead atoms. The van der Waals surface area contributed by atoms with Gasteiger partial charge in [0.2, 0.25) is 0 Å². The van der Waals surface area contributed by atoms with Crippen LogP contribution in [-0.2, 0) is 23.2 Å². The minimum Gasteiger partial charge on any atom is -0.298 e. The molecule has 1 amide bonds. The van der Waals surface area contributed by atoms with Gasteiger partial charge in [0.15, 0.2) is 5.13 Å². The van der Waals surface area contributed by atoms with Gasteiger partial charge in [-0.15, -0.1) is 11.3 Å². The molecule has 0 unspecified atom stereocenters. The number of anilines is 1. The molecule has 2 aromatic carbocycles. The Morgan fingerprint density at radius 3 is 2.68 bits per heavy atom. The van der Waals surface area contributed by atoms with Crippen molar-refractivity contribution in [2.24, 2.45) is 0 Å². The first-order valence-electron chi connectivity index (χ1n) is 8.81. The lowest BCUT2D eigenvalue weighted by atomic mass is 10.1. The number of rotatable bonds is 4. The molecule has 9 heteroatoms. The van der Waals surface area contributed by atoms with E-state index in [1.54, 1.807) is 6.07 Å². The van der Waals surface area contributed by atoms with Crippen molar-refractivity contribution in [3.05, 3.63) is 58.6 Å². The molecule has 4 rings (SSSR count). The van der Waals surface area contributed by atoms with E-state index in [2.05, 4.69) is 10.3 Å². The number of aromatic nitrogens is 1. The maximum absolute atomic E-state index is 12.6. The maximum atomic E-state index is 12.6. The largest absolute Gasteiger partial charge is 0.298 e. The van der Waals surface area contributed by atoms with Crippen LogP contribution in [0, 0.1) is 0 Å². The number of hydrogen-bond acceptors (Lipinski definition) is 5. The van der Waals surface area contributed by atoms with Gasteiger partial charge in [0.25, 0.3) is 16.1 Å². The van der Waals surface area contributed by atoms with Crippen molar-refractivity contribution in [2.45, 2.75) is 13.0 Å². The van der Waals surface area contributed by atoms with Gasteiger partial charge in [-0.2, -0.15) is 17.0 Å². The summed E-state index contributed by atoms with van der Waals surface area (Å²) in [5.74, 6) is -0.227. The Labute approximate surface area is 167 Å². The molecule has 0 fully saturated rings. The zero-order valence-corrected chi connectivity index (χ0v) is 17.2. The first-order valence-corrected chi connectivity index (χ1v) is 11.0. The van der Waals surface area contributed by atoms with E-state index in [4.69, 9.17) is 0 Å². The Balaban J connectivity index is 1.52. The molecular formula is C19H20N4O3S2. The van der Waals surface area contributed by atoms with E-state index >= 15 is 0 Å². The standard InChI is InChI=1S/C19H20N4O3S2/c1-22(2)28(25,26)23-10-9-16-17(12-23)27-19(20-16)21-18(24)15-8-7-13-5-3-4-6-14(13)11-15/h3-8,11H,9-10,12H2,1-2H3,(H,20,21,24). The monoisotopic (exact) mass is 416 g/mol. The summed E-state index contributed by atoms with van der Waals surface area (Å²) in [7, 11) is -0.421. The summed E-state index contributed by atoms with van der Waals surface area (Å²) in [6.07, 6.45) is 0.532. The molecule has 146 valence electrons. The van der Waals surface area contributed by atoms with Gasteiger partial charge in [0.05, 0.1) is 12.2 Å². The Hall–Kier alpha value is -2.33. The van der Waals surface area contributed by atoms with E-state index in [1.165, 1.54) is 34.0 Å². The Bertz CT molecular complexity index is 1150.